The Hall–Kier alpha value is -1.75. The van der Waals surface area contributed by atoms with E-state index in [0.717, 1.165) is 44.5 Å². The second-order valence-corrected chi connectivity index (χ2v) is 7.45. The van der Waals surface area contributed by atoms with Crippen molar-refractivity contribution in [2.45, 2.75) is 57.4 Å². The number of nitrogens with one attached hydrogen (secondary N) is 2. The van der Waals surface area contributed by atoms with Crippen LogP contribution in [0.15, 0.2) is 24.3 Å². The fraction of sp³-hybridized carbons (Fsp3) is 0.650. The minimum atomic E-state index is -0.125. The molecule has 0 aromatic heterocycles. The van der Waals surface area contributed by atoms with Crippen LogP contribution in [0.4, 0.5) is 16.2 Å². The Morgan fingerprint density at radius 2 is 1.80 bits per heavy atom. The predicted molar refractivity (Wildman–Crippen MR) is 102 cm³/mol. The molecule has 0 bridgehead atoms. The molecule has 1 aliphatic carbocycles. The Morgan fingerprint density at radius 1 is 1.08 bits per heavy atom. The van der Waals surface area contributed by atoms with Crippen molar-refractivity contribution in [1.82, 2.24) is 5.32 Å². The Bertz CT molecular complexity index is 548. The van der Waals surface area contributed by atoms with Gasteiger partial charge >= 0.3 is 6.03 Å². The second-order valence-electron chi connectivity index (χ2n) is 7.45. The van der Waals surface area contributed by atoms with E-state index in [-0.39, 0.29) is 18.7 Å². The molecule has 0 atom stereocenters. The Kier molecular flexibility index (Phi) is 6.56. The molecule has 1 aliphatic heterocycles. The number of rotatable bonds is 4. The minimum absolute atomic E-state index is 0.125. The van der Waals surface area contributed by atoms with Crippen LogP contribution in [0.5, 0.6) is 0 Å². The maximum atomic E-state index is 12.3. The van der Waals surface area contributed by atoms with Crippen molar-refractivity contribution in [1.29, 1.82) is 0 Å². The number of hydrogen-bond donors (Lipinski definition) is 3. The first-order valence-corrected chi connectivity index (χ1v) is 9.78. The van der Waals surface area contributed by atoms with Crippen molar-refractivity contribution in [2.75, 3.05) is 29.9 Å². The van der Waals surface area contributed by atoms with Gasteiger partial charge in [0.15, 0.2) is 0 Å². The fourth-order valence-corrected chi connectivity index (χ4v) is 3.95. The van der Waals surface area contributed by atoms with E-state index in [1.807, 2.05) is 12.1 Å². The number of nitrogens with zero attached hydrogens (tertiary/aromatic N) is 1. The molecule has 2 aliphatic rings. The molecule has 1 aromatic carbocycles. The third kappa shape index (κ3) is 5.36. The van der Waals surface area contributed by atoms with Gasteiger partial charge in [0.25, 0.3) is 0 Å². The van der Waals surface area contributed by atoms with Crippen molar-refractivity contribution >= 4 is 17.4 Å². The summed E-state index contributed by atoms with van der Waals surface area (Å²) in [6.45, 7) is 2.47. The zero-order chi connectivity index (χ0) is 17.5. The molecule has 1 saturated heterocycles. The molecule has 3 rings (SSSR count). The van der Waals surface area contributed by atoms with Gasteiger partial charge in [0.05, 0.1) is 0 Å². The van der Waals surface area contributed by atoms with Crippen LogP contribution in [-0.4, -0.2) is 36.9 Å². The highest BCUT2D eigenvalue weighted by atomic mass is 16.3. The Labute approximate surface area is 150 Å². The monoisotopic (exact) mass is 345 g/mol. The van der Waals surface area contributed by atoms with Crippen LogP contribution in [0, 0.1) is 5.92 Å². The smallest absolute Gasteiger partial charge is 0.319 e. The minimum Gasteiger partial charge on any atom is -0.396 e. The van der Waals surface area contributed by atoms with Gasteiger partial charge in [0.2, 0.25) is 0 Å². The molecular formula is C20H31N3O2. The first-order chi connectivity index (χ1) is 12.2. The zero-order valence-corrected chi connectivity index (χ0v) is 15.0. The summed E-state index contributed by atoms with van der Waals surface area (Å²) in [5.41, 5.74) is 2.05. The molecule has 0 radical (unpaired) electrons. The maximum Gasteiger partial charge on any atom is 0.319 e. The van der Waals surface area contributed by atoms with Gasteiger partial charge in [-0.1, -0.05) is 18.9 Å². The zero-order valence-electron chi connectivity index (χ0n) is 15.0. The molecule has 0 spiro atoms. The summed E-state index contributed by atoms with van der Waals surface area (Å²) in [4.78, 5) is 14.7. The van der Waals surface area contributed by atoms with E-state index in [1.54, 1.807) is 0 Å². The normalized spacial score (nSPS) is 24.4. The molecule has 2 amide bonds. The lowest BCUT2D eigenvalue weighted by Crippen LogP contribution is -2.40. The van der Waals surface area contributed by atoms with E-state index < -0.39 is 0 Å². The molecule has 25 heavy (non-hydrogen) atoms. The summed E-state index contributed by atoms with van der Waals surface area (Å²) in [5.74, 6) is 0.409. The van der Waals surface area contributed by atoms with Gasteiger partial charge in [-0.15, -0.1) is 0 Å². The number of carbonyl (C=O) groups excluding carboxylic acids is 1. The van der Waals surface area contributed by atoms with Crippen LogP contribution < -0.4 is 15.5 Å². The number of aliphatic hydroxyl groups is 1. The first kappa shape index (κ1) is 18.1. The molecule has 5 heteroatoms. The van der Waals surface area contributed by atoms with Crippen LogP contribution >= 0.6 is 0 Å². The number of benzene rings is 1. The highest BCUT2D eigenvalue weighted by molar-refractivity contribution is 5.90. The average molecular weight is 345 g/mol. The molecule has 1 saturated carbocycles. The van der Waals surface area contributed by atoms with Crippen LogP contribution in [0.2, 0.25) is 0 Å². The molecule has 3 N–H and O–H groups in total. The number of urea groups is 1. The Balaban J connectivity index is 1.52. The molecule has 0 unspecified atom stereocenters. The topological polar surface area (TPSA) is 64.6 Å². The van der Waals surface area contributed by atoms with Crippen molar-refractivity contribution in [3.8, 4) is 0 Å². The predicted octanol–water partition coefficient (Wildman–Crippen LogP) is 3.74. The Morgan fingerprint density at radius 3 is 2.48 bits per heavy atom. The summed E-state index contributed by atoms with van der Waals surface area (Å²) in [5, 5.41) is 15.3. The van der Waals surface area contributed by atoms with Gasteiger partial charge < -0.3 is 20.6 Å². The van der Waals surface area contributed by atoms with E-state index in [2.05, 4.69) is 27.7 Å². The van der Waals surface area contributed by atoms with Gasteiger partial charge in [0.1, 0.15) is 0 Å². The third-order valence-electron chi connectivity index (χ3n) is 5.52. The fourth-order valence-electron chi connectivity index (χ4n) is 3.95. The summed E-state index contributed by atoms with van der Waals surface area (Å²) < 4.78 is 0. The summed E-state index contributed by atoms with van der Waals surface area (Å²) in [6, 6.07) is 8.27. The van der Waals surface area contributed by atoms with E-state index in [9.17, 15) is 9.90 Å². The van der Waals surface area contributed by atoms with Gasteiger partial charge in [0, 0.05) is 37.1 Å². The van der Waals surface area contributed by atoms with Crippen molar-refractivity contribution in [3.05, 3.63) is 24.3 Å². The number of carbonyl (C=O) groups is 1. The van der Waals surface area contributed by atoms with Crippen molar-refractivity contribution in [3.63, 3.8) is 0 Å². The van der Waals surface area contributed by atoms with E-state index in [1.165, 1.54) is 31.4 Å². The van der Waals surface area contributed by atoms with Crippen LogP contribution in [0.3, 0.4) is 0 Å². The lowest BCUT2D eigenvalue weighted by atomic mass is 9.87. The lowest BCUT2D eigenvalue weighted by molar-refractivity contribution is 0.176. The van der Waals surface area contributed by atoms with Crippen LogP contribution in [-0.2, 0) is 0 Å². The standard InChI is InChI=1S/C20H31N3O2/c24-15-16-8-10-17(11-9-16)21-20(25)22-18-6-5-7-19(14-18)23-12-3-1-2-4-13-23/h5-7,14,16-17,24H,1-4,8-13,15H2,(H2,21,22,25). The van der Waals surface area contributed by atoms with Gasteiger partial charge in [-0.2, -0.15) is 0 Å². The molecule has 5 nitrogen and oxygen atoms in total. The highest BCUT2D eigenvalue weighted by Crippen LogP contribution is 2.25. The highest BCUT2D eigenvalue weighted by Gasteiger charge is 2.21. The molecular weight excluding hydrogens is 314 g/mol. The summed E-state index contributed by atoms with van der Waals surface area (Å²) in [7, 11) is 0. The van der Waals surface area contributed by atoms with Crippen LogP contribution in [0.1, 0.15) is 51.4 Å². The van der Waals surface area contributed by atoms with Crippen molar-refractivity contribution in [2.24, 2.45) is 5.92 Å². The number of hydrogen-bond acceptors (Lipinski definition) is 3. The van der Waals surface area contributed by atoms with Gasteiger partial charge in [-0.25, -0.2) is 4.79 Å². The largest absolute Gasteiger partial charge is 0.396 e. The lowest BCUT2D eigenvalue weighted by Gasteiger charge is -2.28. The number of aliphatic hydroxyl groups excluding tert-OH is 1. The van der Waals surface area contributed by atoms with Crippen molar-refractivity contribution < 1.29 is 9.90 Å². The summed E-state index contributed by atoms with van der Waals surface area (Å²) >= 11 is 0. The van der Waals surface area contributed by atoms with Gasteiger partial charge in [-0.3, -0.25) is 0 Å². The van der Waals surface area contributed by atoms with Crippen LogP contribution in [0.25, 0.3) is 0 Å². The maximum absolute atomic E-state index is 12.3. The first-order valence-electron chi connectivity index (χ1n) is 9.78. The third-order valence-corrected chi connectivity index (χ3v) is 5.52. The molecule has 138 valence electrons. The molecule has 2 fully saturated rings. The average Bonchev–Trinajstić information content (AvgIpc) is 2.92. The molecule has 1 heterocycles. The second kappa shape index (κ2) is 9.09. The SMILES string of the molecule is O=C(Nc1cccc(N2CCCCCC2)c1)NC1CCC(CO)CC1. The van der Waals surface area contributed by atoms with E-state index >= 15 is 0 Å². The number of amides is 2. The quantitative estimate of drug-likeness (QED) is 0.779. The summed E-state index contributed by atoms with van der Waals surface area (Å²) in [6.07, 6.45) is 9.00. The molecule has 1 aromatic rings. The number of anilines is 2. The van der Waals surface area contributed by atoms with E-state index in [0.29, 0.717) is 5.92 Å². The van der Waals surface area contributed by atoms with Gasteiger partial charge in [-0.05, 0) is 62.6 Å². The van der Waals surface area contributed by atoms with E-state index in [4.69, 9.17) is 0 Å².